The monoisotopic (exact) mass is 194 g/mol. The molecule has 14 heavy (non-hydrogen) atoms. The van der Waals surface area contributed by atoms with Gasteiger partial charge in [-0.25, -0.2) is 4.98 Å². The SMILES string of the molecule is CC1(C)[C@H](CN)[C@H]1c1cccnc1F. The third-order valence-electron chi connectivity index (χ3n) is 3.43. The summed E-state index contributed by atoms with van der Waals surface area (Å²) in [5.41, 5.74) is 6.48. The van der Waals surface area contributed by atoms with Crippen molar-refractivity contribution in [2.75, 3.05) is 6.54 Å². The van der Waals surface area contributed by atoms with Crippen molar-refractivity contribution in [2.45, 2.75) is 19.8 Å². The van der Waals surface area contributed by atoms with Gasteiger partial charge >= 0.3 is 0 Å². The second kappa shape index (κ2) is 3.02. The highest BCUT2D eigenvalue weighted by atomic mass is 19.1. The topological polar surface area (TPSA) is 38.9 Å². The first-order valence-corrected chi connectivity index (χ1v) is 4.89. The Morgan fingerprint density at radius 1 is 1.57 bits per heavy atom. The molecule has 0 unspecified atom stereocenters. The molecule has 1 heterocycles. The molecule has 1 aromatic heterocycles. The van der Waals surface area contributed by atoms with Crippen LogP contribution in [0.1, 0.15) is 25.3 Å². The molecule has 0 saturated heterocycles. The molecular formula is C11H15FN2. The molecule has 0 radical (unpaired) electrons. The Kier molecular flexibility index (Phi) is 2.07. The van der Waals surface area contributed by atoms with Gasteiger partial charge in [0.2, 0.25) is 5.95 Å². The van der Waals surface area contributed by atoms with Gasteiger partial charge in [0.25, 0.3) is 0 Å². The van der Waals surface area contributed by atoms with Crippen molar-refractivity contribution in [1.82, 2.24) is 4.98 Å². The Labute approximate surface area is 83.3 Å². The second-order valence-electron chi connectivity index (χ2n) is 4.52. The number of aromatic nitrogens is 1. The Bertz CT molecular complexity index is 349. The summed E-state index contributed by atoms with van der Waals surface area (Å²) >= 11 is 0. The van der Waals surface area contributed by atoms with E-state index in [1.807, 2.05) is 6.07 Å². The quantitative estimate of drug-likeness (QED) is 0.730. The third kappa shape index (κ3) is 1.23. The second-order valence-corrected chi connectivity index (χ2v) is 4.52. The van der Waals surface area contributed by atoms with Gasteiger partial charge in [-0.05, 0) is 29.9 Å². The lowest BCUT2D eigenvalue weighted by Gasteiger charge is -2.02. The number of nitrogens with zero attached hydrogens (tertiary/aromatic N) is 1. The zero-order valence-corrected chi connectivity index (χ0v) is 8.50. The molecule has 1 aliphatic carbocycles. The predicted octanol–water partition coefficient (Wildman–Crippen LogP) is 1.92. The first kappa shape index (κ1) is 9.59. The van der Waals surface area contributed by atoms with E-state index in [9.17, 15) is 4.39 Å². The molecule has 76 valence electrons. The number of halogens is 1. The van der Waals surface area contributed by atoms with Crippen LogP contribution in [0.3, 0.4) is 0 Å². The van der Waals surface area contributed by atoms with E-state index >= 15 is 0 Å². The van der Waals surface area contributed by atoms with Gasteiger partial charge in [-0.1, -0.05) is 19.9 Å². The number of nitrogens with two attached hydrogens (primary N) is 1. The van der Waals surface area contributed by atoms with Gasteiger partial charge in [-0.3, -0.25) is 0 Å². The molecule has 2 N–H and O–H groups in total. The van der Waals surface area contributed by atoms with Gasteiger partial charge in [-0.15, -0.1) is 0 Å². The summed E-state index contributed by atoms with van der Waals surface area (Å²) < 4.78 is 13.4. The molecule has 1 aromatic rings. The van der Waals surface area contributed by atoms with Crippen molar-refractivity contribution < 1.29 is 4.39 Å². The average molecular weight is 194 g/mol. The van der Waals surface area contributed by atoms with Crippen molar-refractivity contribution in [2.24, 2.45) is 17.1 Å². The molecule has 2 atom stereocenters. The maximum absolute atomic E-state index is 13.4. The van der Waals surface area contributed by atoms with E-state index in [0.29, 0.717) is 18.0 Å². The summed E-state index contributed by atoms with van der Waals surface area (Å²) in [4.78, 5) is 3.67. The third-order valence-corrected chi connectivity index (χ3v) is 3.43. The van der Waals surface area contributed by atoms with Crippen LogP contribution in [-0.4, -0.2) is 11.5 Å². The maximum Gasteiger partial charge on any atom is 0.216 e. The Balaban J connectivity index is 2.31. The van der Waals surface area contributed by atoms with E-state index in [4.69, 9.17) is 5.73 Å². The minimum absolute atomic E-state index is 0.124. The van der Waals surface area contributed by atoms with Crippen molar-refractivity contribution in [3.05, 3.63) is 29.8 Å². The Morgan fingerprint density at radius 2 is 2.29 bits per heavy atom. The molecule has 0 amide bonds. The van der Waals surface area contributed by atoms with Crippen LogP contribution in [-0.2, 0) is 0 Å². The van der Waals surface area contributed by atoms with Crippen LogP contribution in [0.15, 0.2) is 18.3 Å². The molecule has 2 nitrogen and oxygen atoms in total. The van der Waals surface area contributed by atoms with Crippen LogP contribution in [0.5, 0.6) is 0 Å². The van der Waals surface area contributed by atoms with Gasteiger partial charge in [0, 0.05) is 11.8 Å². The predicted molar refractivity (Wildman–Crippen MR) is 53.3 cm³/mol. The van der Waals surface area contributed by atoms with Crippen molar-refractivity contribution in [3.8, 4) is 0 Å². The fourth-order valence-electron chi connectivity index (χ4n) is 2.43. The fourth-order valence-corrected chi connectivity index (χ4v) is 2.43. The van der Waals surface area contributed by atoms with E-state index in [-0.39, 0.29) is 17.3 Å². The number of hydrogen-bond acceptors (Lipinski definition) is 2. The summed E-state index contributed by atoms with van der Waals surface area (Å²) in [5.74, 6) is 0.281. The lowest BCUT2D eigenvalue weighted by molar-refractivity contribution is 0.539. The van der Waals surface area contributed by atoms with E-state index in [2.05, 4.69) is 18.8 Å². The van der Waals surface area contributed by atoms with E-state index in [0.717, 1.165) is 0 Å². The number of hydrogen-bond donors (Lipinski definition) is 1. The molecule has 0 bridgehead atoms. The Hall–Kier alpha value is -0.960. The van der Waals surface area contributed by atoms with Crippen LogP contribution in [0.25, 0.3) is 0 Å². The molecule has 0 aromatic carbocycles. The molecular weight excluding hydrogens is 179 g/mol. The standard InChI is InChI=1S/C11H15FN2/c1-11(2)8(6-13)9(11)7-4-3-5-14-10(7)12/h3-5,8-9H,6,13H2,1-2H3/t8-,9-/m1/s1. The van der Waals surface area contributed by atoms with Gasteiger partial charge in [0.1, 0.15) is 0 Å². The highest BCUT2D eigenvalue weighted by Crippen LogP contribution is 2.63. The molecule has 0 spiro atoms. The van der Waals surface area contributed by atoms with Gasteiger partial charge in [0.15, 0.2) is 0 Å². The summed E-state index contributed by atoms with van der Waals surface area (Å²) in [7, 11) is 0. The average Bonchev–Trinajstić information content (AvgIpc) is 2.69. The summed E-state index contributed by atoms with van der Waals surface area (Å²) in [6.45, 7) is 4.87. The largest absolute Gasteiger partial charge is 0.330 e. The molecule has 1 aliphatic rings. The summed E-state index contributed by atoms with van der Waals surface area (Å²) in [5, 5.41) is 0. The smallest absolute Gasteiger partial charge is 0.216 e. The lowest BCUT2D eigenvalue weighted by Crippen LogP contribution is -2.05. The van der Waals surface area contributed by atoms with Gasteiger partial charge in [-0.2, -0.15) is 4.39 Å². The lowest BCUT2D eigenvalue weighted by atomic mass is 10.0. The molecule has 2 rings (SSSR count). The molecule has 1 fully saturated rings. The molecule has 3 heteroatoms. The van der Waals surface area contributed by atoms with Gasteiger partial charge in [0.05, 0.1) is 0 Å². The zero-order chi connectivity index (χ0) is 10.3. The van der Waals surface area contributed by atoms with E-state index in [1.54, 1.807) is 6.07 Å². The van der Waals surface area contributed by atoms with Crippen LogP contribution in [0.2, 0.25) is 0 Å². The van der Waals surface area contributed by atoms with Gasteiger partial charge < -0.3 is 5.73 Å². The van der Waals surface area contributed by atoms with Crippen LogP contribution in [0, 0.1) is 17.3 Å². The Morgan fingerprint density at radius 3 is 2.79 bits per heavy atom. The first-order chi connectivity index (χ1) is 6.59. The normalized spacial score (nSPS) is 28.9. The summed E-state index contributed by atoms with van der Waals surface area (Å²) in [6, 6.07) is 3.59. The van der Waals surface area contributed by atoms with Crippen LogP contribution in [0.4, 0.5) is 4.39 Å². The van der Waals surface area contributed by atoms with Crippen molar-refractivity contribution in [1.29, 1.82) is 0 Å². The van der Waals surface area contributed by atoms with Crippen molar-refractivity contribution in [3.63, 3.8) is 0 Å². The van der Waals surface area contributed by atoms with Crippen molar-refractivity contribution >= 4 is 0 Å². The highest BCUT2D eigenvalue weighted by molar-refractivity contribution is 5.30. The molecule has 1 saturated carbocycles. The molecule has 0 aliphatic heterocycles. The number of pyridine rings is 1. The fraction of sp³-hybridized carbons (Fsp3) is 0.545. The number of rotatable bonds is 2. The van der Waals surface area contributed by atoms with Crippen LogP contribution < -0.4 is 5.73 Å². The minimum atomic E-state index is -0.346. The zero-order valence-electron chi connectivity index (χ0n) is 8.50. The van der Waals surface area contributed by atoms with E-state index < -0.39 is 0 Å². The van der Waals surface area contributed by atoms with Crippen LogP contribution >= 0.6 is 0 Å². The summed E-state index contributed by atoms with van der Waals surface area (Å²) in [6.07, 6.45) is 1.48. The first-order valence-electron chi connectivity index (χ1n) is 4.89. The maximum atomic E-state index is 13.4. The highest BCUT2D eigenvalue weighted by Gasteiger charge is 2.58. The minimum Gasteiger partial charge on any atom is -0.330 e. The van der Waals surface area contributed by atoms with E-state index in [1.165, 1.54) is 6.20 Å².